The summed E-state index contributed by atoms with van der Waals surface area (Å²) in [6, 6.07) is 1.95. The number of aryl methyl sites for hydroxylation is 2. The number of hydrogen-bond acceptors (Lipinski definition) is 4. The number of anilines is 1. The van der Waals surface area contributed by atoms with E-state index in [0.717, 1.165) is 11.4 Å². The first-order chi connectivity index (χ1) is 6.93. The van der Waals surface area contributed by atoms with E-state index in [4.69, 9.17) is 4.74 Å². The van der Waals surface area contributed by atoms with Crippen LogP contribution in [-0.2, 0) is 4.74 Å². The minimum absolute atomic E-state index is 0.207. The van der Waals surface area contributed by atoms with Crippen molar-refractivity contribution in [3.8, 4) is 0 Å². The summed E-state index contributed by atoms with van der Waals surface area (Å²) in [5.41, 5.74) is 1.74. The molecule has 0 bridgehead atoms. The predicted molar refractivity (Wildman–Crippen MR) is 61.1 cm³/mol. The van der Waals surface area contributed by atoms with Crippen LogP contribution in [0.2, 0.25) is 0 Å². The fourth-order valence-corrected chi connectivity index (χ4v) is 1.17. The first-order valence-corrected chi connectivity index (χ1v) is 5.04. The van der Waals surface area contributed by atoms with E-state index in [-0.39, 0.29) is 5.60 Å². The second-order valence-electron chi connectivity index (χ2n) is 4.29. The summed E-state index contributed by atoms with van der Waals surface area (Å²) in [6.45, 7) is 8.64. The Morgan fingerprint density at radius 3 is 2.27 bits per heavy atom. The van der Waals surface area contributed by atoms with Gasteiger partial charge < -0.3 is 10.1 Å². The highest BCUT2D eigenvalue weighted by Gasteiger charge is 2.16. The molecule has 1 N–H and O–H groups in total. The molecule has 0 aliphatic carbocycles. The van der Waals surface area contributed by atoms with Gasteiger partial charge in [-0.2, -0.15) is 0 Å². The maximum Gasteiger partial charge on any atom is 0.223 e. The van der Waals surface area contributed by atoms with E-state index >= 15 is 0 Å². The second-order valence-corrected chi connectivity index (χ2v) is 4.29. The third-order valence-corrected chi connectivity index (χ3v) is 2.21. The third kappa shape index (κ3) is 3.83. The number of nitrogens with zero attached hydrogens (tertiary/aromatic N) is 2. The van der Waals surface area contributed by atoms with Gasteiger partial charge >= 0.3 is 0 Å². The van der Waals surface area contributed by atoms with E-state index in [0.29, 0.717) is 12.5 Å². The van der Waals surface area contributed by atoms with Crippen molar-refractivity contribution in [2.75, 3.05) is 19.0 Å². The summed E-state index contributed by atoms with van der Waals surface area (Å²) in [5.74, 6) is 0.664. The molecular weight excluding hydrogens is 190 g/mol. The molecule has 0 aromatic carbocycles. The lowest BCUT2D eigenvalue weighted by Gasteiger charge is -2.23. The van der Waals surface area contributed by atoms with Crippen molar-refractivity contribution >= 4 is 5.95 Å². The first kappa shape index (κ1) is 11.9. The van der Waals surface area contributed by atoms with Crippen molar-refractivity contribution in [1.82, 2.24) is 9.97 Å². The Labute approximate surface area is 91.1 Å². The molecule has 1 aromatic rings. The van der Waals surface area contributed by atoms with Crippen molar-refractivity contribution in [2.45, 2.75) is 33.3 Å². The molecule has 0 unspecified atom stereocenters. The average molecular weight is 209 g/mol. The quantitative estimate of drug-likeness (QED) is 0.823. The van der Waals surface area contributed by atoms with Crippen LogP contribution < -0.4 is 5.32 Å². The minimum atomic E-state index is -0.207. The molecule has 0 saturated heterocycles. The van der Waals surface area contributed by atoms with Crippen molar-refractivity contribution in [3.05, 3.63) is 17.5 Å². The van der Waals surface area contributed by atoms with Gasteiger partial charge in [-0.15, -0.1) is 0 Å². The average Bonchev–Trinajstić information content (AvgIpc) is 2.14. The number of ether oxygens (including phenoxy) is 1. The molecular formula is C11H19N3O. The van der Waals surface area contributed by atoms with Crippen LogP contribution in [0, 0.1) is 13.8 Å². The lowest BCUT2D eigenvalue weighted by molar-refractivity contribution is 0.0342. The number of nitrogens with one attached hydrogen (secondary N) is 1. The molecule has 0 radical (unpaired) electrons. The Morgan fingerprint density at radius 2 is 1.80 bits per heavy atom. The molecule has 15 heavy (non-hydrogen) atoms. The zero-order chi connectivity index (χ0) is 11.5. The monoisotopic (exact) mass is 209 g/mol. The van der Waals surface area contributed by atoms with E-state index in [1.54, 1.807) is 7.11 Å². The largest absolute Gasteiger partial charge is 0.377 e. The smallest absolute Gasteiger partial charge is 0.223 e. The molecule has 0 aliphatic rings. The van der Waals surface area contributed by atoms with Gasteiger partial charge in [-0.3, -0.25) is 0 Å². The predicted octanol–water partition coefficient (Wildman–Crippen LogP) is 1.93. The van der Waals surface area contributed by atoms with E-state index < -0.39 is 0 Å². The molecule has 0 saturated carbocycles. The van der Waals surface area contributed by atoms with Crippen LogP contribution in [0.4, 0.5) is 5.95 Å². The molecule has 0 atom stereocenters. The van der Waals surface area contributed by atoms with Crippen LogP contribution >= 0.6 is 0 Å². The standard InChI is InChI=1S/C11H19N3O/c1-8-6-9(2)14-10(13-8)12-7-11(3,4)15-5/h6H,7H2,1-5H3,(H,12,13,14). The van der Waals surface area contributed by atoms with E-state index in [1.807, 2.05) is 33.8 Å². The van der Waals surface area contributed by atoms with E-state index in [2.05, 4.69) is 15.3 Å². The van der Waals surface area contributed by atoms with Gasteiger partial charge in [-0.1, -0.05) is 0 Å². The number of aromatic nitrogens is 2. The summed E-state index contributed by atoms with van der Waals surface area (Å²) in [6.07, 6.45) is 0. The number of hydrogen-bond donors (Lipinski definition) is 1. The summed E-state index contributed by atoms with van der Waals surface area (Å²) in [4.78, 5) is 8.59. The molecule has 0 aliphatic heterocycles. The highest BCUT2D eigenvalue weighted by atomic mass is 16.5. The summed E-state index contributed by atoms with van der Waals surface area (Å²) in [5, 5.41) is 3.17. The Balaban J connectivity index is 2.65. The topological polar surface area (TPSA) is 47.0 Å². The van der Waals surface area contributed by atoms with Crippen LogP contribution in [0.1, 0.15) is 25.2 Å². The number of methoxy groups -OCH3 is 1. The molecule has 1 heterocycles. The van der Waals surface area contributed by atoms with Crippen molar-refractivity contribution in [3.63, 3.8) is 0 Å². The van der Waals surface area contributed by atoms with Crippen LogP contribution in [0.5, 0.6) is 0 Å². The van der Waals surface area contributed by atoms with E-state index in [1.165, 1.54) is 0 Å². The van der Waals surface area contributed by atoms with Gasteiger partial charge in [0, 0.05) is 25.0 Å². The van der Waals surface area contributed by atoms with Gasteiger partial charge in [0.1, 0.15) is 0 Å². The van der Waals surface area contributed by atoms with Gasteiger partial charge in [0.05, 0.1) is 5.60 Å². The van der Waals surface area contributed by atoms with Crippen molar-refractivity contribution in [1.29, 1.82) is 0 Å². The zero-order valence-corrected chi connectivity index (χ0v) is 10.1. The molecule has 1 rings (SSSR count). The highest BCUT2D eigenvalue weighted by Crippen LogP contribution is 2.09. The second kappa shape index (κ2) is 4.57. The third-order valence-electron chi connectivity index (χ3n) is 2.21. The molecule has 0 spiro atoms. The van der Waals surface area contributed by atoms with Gasteiger partial charge in [0.25, 0.3) is 0 Å². The van der Waals surface area contributed by atoms with Gasteiger partial charge in [-0.25, -0.2) is 9.97 Å². The molecule has 0 fully saturated rings. The minimum Gasteiger partial charge on any atom is -0.377 e. The summed E-state index contributed by atoms with van der Waals surface area (Å²) < 4.78 is 5.30. The highest BCUT2D eigenvalue weighted by molar-refractivity contribution is 5.28. The Bertz CT molecular complexity index is 316. The van der Waals surface area contributed by atoms with Crippen molar-refractivity contribution in [2.24, 2.45) is 0 Å². The van der Waals surface area contributed by atoms with Gasteiger partial charge in [0.2, 0.25) is 5.95 Å². The molecule has 4 nitrogen and oxygen atoms in total. The molecule has 4 heteroatoms. The van der Waals surface area contributed by atoms with Crippen LogP contribution in [0.25, 0.3) is 0 Å². The number of rotatable bonds is 4. The molecule has 1 aromatic heterocycles. The van der Waals surface area contributed by atoms with Crippen LogP contribution in [0.3, 0.4) is 0 Å². The summed E-state index contributed by atoms with van der Waals surface area (Å²) >= 11 is 0. The SMILES string of the molecule is COC(C)(C)CNc1nc(C)cc(C)n1. The molecule has 84 valence electrons. The Hall–Kier alpha value is -1.16. The maximum atomic E-state index is 5.30. The lowest BCUT2D eigenvalue weighted by Crippen LogP contribution is -2.32. The lowest BCUT2D eigenvalue weighted by atomic mass is 10.1. The fraction of sp³-hybridized carbons (Fsp3) is 0.636. The zero-order valence-electron chi connectivity index (χ0n) is 10.1. The summed E-state index contributed by atoms with van der Waals surface area (Å²) in [7, 11) is 1.70. The maximum absolute atomic E-state index is 5.30. The Morgan fingerprint density at radius 1 is 1.27 bits per heavy atom. The Kier molecular flexibility index (Phi) is 3.63. The van der Waals surface area contributed by atoms with Crippen LogP contribution in [0.15, 0.2) is 6.07 Å². The van der Waals surface area contributed by atoms with Crippen LogP contribution in [-0.4, -0.2) is 29.2 Å². The van der Waals surface area contributed by atoms with Gasteiger partial charge in [0.15, 0.2) is 0 Å². The molecule has 0 amide bonds. The first-order valence-electron chi connectivity index (χ1n) is 5.04. The van der Waals surface area contributed by atoms with E-state index in [9.17, 15) is 0 Å². The van der Waals surface area contributed by atoms with Gasteiger partial charge in [-0.05, 0) is 33.8 Å². The fourth-order valence-electron chi connectivity index (χ4n) is 1.17. The normalized spacial score (nSPS) is 11.5. The van der Waals surface area contributed by atoms with Crippen molar-refractivity contribution < 1.29 is 4.74 Å².